The molecule has 22 heavy (non-hydrogen) atoms. The maximum absolute atomic E-state index is 11.9. The van der Waals surface area contributed by atoms with E-state index in [0.29, 0.717) is 17.5 Å². The van der Waals surface area contributed by atoms with Crippen LogP contribution in [0.5, 0.6) is 0 Å². The van der Waals surface area contributed by atoms with Crippen molar-refractivity contribution in [1.29, 1.82) is 0 Å². The standard InChI is InChI=1S/C14H22ClN5O2/c1-14(2,3)22-13(21)17-9-5-4-6-20(8-9)11-7-10(15)18-12(16)19-11/h7,9H,4-6,8H2,1-3H3,(H,17,21)(H2,16,18,19)/t9-/m0/s1. The van der Waals surface area contributed by atoms with E-state index in [-0.39, 0.29) is 12.0 Å². The van der Waals surface area contributed by atoms with Gasteiger partial charge in [0.05, 0.1) is 0 Å². The summed E-state index contributed by atoms with van der Waals surface area (Å²) >= 11 is 5.92. The van der Waals surface area contributed by atoms with Crippen molar-refractivity contribution in [1.82, 2.24) is 15.3 Å². The van der Waals surface area contributed by atoms with E-state index in [1.54, 1.807) is 6.07 Å². The number of carbonyl (C=O) groups excluding carboxylic acids is 1. The van der Waals surface area contributed by atoms with E-state index in [1.165, 1.54) is 0 Å². The van der Waals surface area contributed by atoms with Gasteiger partial charge in [-0.3, -0.25) is 0 Å². The summed E-state index contributed by atoms with van der Waals surface area (Å²) < 4.78 is 5.28. The quantitative estimate of drug-likeness (QED) is 0.809. The van der Waals surface area contributed by atoms with Gasteiger partial charge in [-0.05, 0) is 33.6 Å². The molecule has 0 saturated carbocycles. The predicted octanol–water partition coefficient (Wildman–Crippen LogP) is 2.21. The van der Waals surface area contributed by atoms with Gasteiger partial charge in [-0.2, -0.15) is 4.98 Å². The first-order valence-corrected chi connectivity index (χ1v) is 7.65. The maximum atomic E-state index is 11.9. The Bertz CT molecular complexity index is 526. The van der Waals surface area contributed by atoms with Crippen molar-refractivity contribution in [2.24, 2.45) is 0 Å². The number of nitrogens with one attached hydrogen (secondary N) is 1. The van der Waals surface area contributed by atoms with E-state index in [9.17, 15) is 4.79 Å². The molecule has 2 heterocycles. The van der Waals surface area contributed by atoms with Gasteiger partial charge in [0, 0.05) is 25.2 Å². The summed E-state index contributed by atoms with van der Waals surface area (Å²) in [5.41, 5.74) is 5.12. The highest BCUT2D eigenvalue weighted by atomic mass is 35.5. The molecular weight excluding hydrogens is 306 g/mol. The molecule has 0 unspecified atom stereocenters. The highest BCUT2D eigenvalue weighted by Gasteiger charge is 2.25. The molecule has 1 aromatic heterocycles. The Balaban J connectivity index is 1.98. The summed E-state index contributed by atoms with van der Waals surface area (Å²) in [6, 6.07) is 1.67. The Labute approximate surface area is 135 Å². The first-order chi connectivity index (χ1) is 10.2. The fourth-order valence-corrected chi connectivity index (χ4v) is 2.55. The van der Waals surface area contributed by atoms with Gasteiger partial charge in [0.15, 0.2) is 0 Å². The third-order valence-corrected chi connectivity index (χ3v) is 3.36. The molecule has 0 aromatic carbocycles. The van der Waals surface area contributed by atoms with Gasteiger partial charge in [0.1, 0.15) is 16.6 Å². The number of nitrogens with zero attached hydrogens (tertiary/aromatic N) is 3. The van der Waals surface area contributed by atoms with Gasteiger partial charge in [0.2, 0.25) is 5.95 Å². The summed E-state index contributed by atoms with van der Waals surface area (Å²) in [4.78, 5) is 21.9. The Kier molecular flexibility index (Phi) is 4.95. The lowest BCUT2D eigenvalue weighted by Crippen LogP contribution is -2.49. The zero-order valence-electron chi connectivity index (χ0n) is 13.1. The Morgan fingerprint density at radius 2 is 2.23 bits per heavy atom. The zero-order valence-corrected chi connectivity index (χ0v) is 13.9. The monoisotopic (exact) mass is 327 g/mol. The van der Waals surface area contributed by atoms with Crippen molar-refractivity contribution in [2.45, 2.75) is 45.3 Å². The number of halogens is 1. The number of aromatic nitrogens is 2. The van der Waals surface area contributed by atoms with Crippen LogP contribution < -0.4 is 16.0 Å². The summed E-state index contributed by atoms with van der Waals surface area (Å²) in [6.45, 7) is 6.98. The second kappa shape index (κ2) is 6.56. The van der Waals surface area contributed by atoms with Gasteiger partial charge < -0.3 is 20.7 Å². The first-order valence-electron chi connectivity index (χ1n) is 7.27. The van der Waals surface area contributed by atoms with Gasteiger partial charge in [-0.15, -0.1) is 0 Å². The summed E-state index contributed by atoms with van der Waals surface area (Å²) in [6.07, 6.45) is 1.42. The molecular formula is C14H22ClN5O2. The molecule has 2 rings (SSSR count). The zero-order chi connectivity index (χ0) is 16.3. The van der Waals surface area contributed by atoms with Crippen LogP contribution >= 0.6 is 11.6 Å². The highest BCUT2D eigenvalue weighted by molar-refractivity contribution is 6.29. The van der Waals surface area contributed by atoms with E-state index >= 15 is 0 Å². The molecule has 1 aliphatic rings. The summed E-state index contributed by atoms with van der Waals surface area (Å²) in [5.74, 6) is 0.818. The van der Waals surface area contributed by atoms with Crippen LogP contribution in [0.3, 0.4) is 0 Å². The molecule has 0 aliphatic carbocycles. The molecule has 1 fully saturated rings. The Morgan fingerprint density at radius 1 is 1.50 bits per heavy atom. The average Bonchev–Trinajstić information content (AvgIpc) is 2.35. The van der Waals surface area contributed by atoms with Crippen LogP contribution in [-0.2, 0) is 4.74 Å². The summed E-state index contributed by atoms with van der Waals surface area (Å²) in [7, 11) is 0. The molecule has 0 spiro atoms. The van der Waals surface area contributed by atoms with E-state index in [4.69, 9.17) is 22.1 Å². The lowest BCUT2D eigenvalue weighted by atomic mass is 10.1. The molecule has 1 aromatic rings. The van der Waals surface area contributed by atoms with E-state index in [2.05, 4.69) is 15.3 Å². The molecule has 0 radical (unpaired) electrons. The molecule has 7 nitrogen and oxygen atoms in total. The number of rotatable bonds is 2. The van der Waals surface area contributed by atoms with E-state index in [1.807, 2.05) is 25.7 Å². The third-order valence-electron chi connectivity index (χ3n) is 3.16. The van der Waals surface area contributed by atoms with E-state index < -0.39 is 11.7 Å². The minimum atomic E-state index is -0.507. The third kappa shape index (κ3) is 4.91. The fourth-order valence-electron chi connectivity index (χ4n) is 2.36. The smallest absolute Gasteiger partial charge is 0.407 e. The number of nitrogen functional groups attached to an aromatic ring is 1. The molecule has 8 heteroatoms. The maximum Gasteiger partial charge on any atom is 0.407 e. The SMILES string of the molecule is CC(C)(C)OC(=O)N[C@H]1CCCN(c2cc(Cl)nc(N)n2)C1. The van der Waals surface area contributed by atoms with Crippen molar-refractivity contribution in [3.8, 4) is 0 Å². The van der Waals surface area contributed by atoms with Crippen LogP contribution in [0.15, 0.2) is 6.07 Å². The van der Waals surface area contributed by atoms with Gasteiger partial charge in [-0.1, -0.05) is 11.6 Å². The van der Waals surface area contributed by atoms with Gasteiger partial charge in [0.25, 0.3) is 0 Å². The number of piperidine rings is 1. The topological polar surface area (TPSA) is 93.4 Å². The highest BCUT2D eigenvalue weighted by Crippen LogP contribution is 2.21. The number of carbonyl (C=O) groups is 1. The second-order valence-electron chi connectivity index (χ2n) is 6.34. The van der Waals surface area contributed by atoms with Crippen LogP contribution in [0.1, 0.15) is 33.6 Å². The normalized spacial score (nSPS) is 18.9. The number of hydrogen-bond acceptors (Lipinski definition) is 6. The number of ether oxygens (including phenoxy) is 1. The van der Waals surface area contributed by atoms with Crippen molar-refractivity contribution >= 4 is 29.5 Å². The molecule has 122 valence electrons. The van der Waals surface area contributed by atoms with E-state index in [0.717, 1.165) is 19.4 Å². The lowest BCUT2D eigenvalue weighted by molar-refractivity contribution is 0.0500. The van der Waals surface area contributed by atoms with Crippen molar-refractivity contribution in [3.05, 3.63) is 11.2 Å². The van der Waals surface area contributed by atoms with Crippen LogP contribution in [0.2, 0.25) is 5.15 Å². The molecule has 1 amide bonds. The largest absolute Gasteiger partial charge is 0.444 e. The van der Waals surface area contributed by atoms with Crippen molar-refractivity contribution in [2.75, 3.05) is 23.7 Å². The van der Waals surface area contributed by atoms with Gasteiger partial charge in [-0.25, -0.2) is 9.78 Å². The number of hydrogen-bond donors (Lipinski definition) is 2. The van der Waals surface area contributed by atoms with Crippen LogP contribution in [0, 0.1) is 0 Å². The minimum absolute atomic E-state index is 0.00133. The molecule has 1 aliphatic heterocycles. The van der Waals surface area contributed by atoms with Crippen LogP contribution in [0.25, 0.3) is 0 Å². The Morgan fingerprint density at radius 3 is 2.86 bits per heavy atom. The fraction of sp³-hybridized carbons (Fsp3) is 0.643. The molecule has 1 atom stereocenters. The summed E-state index contributed by atoms with van der Waals surface area (Å²) in [5, 5.41) is 3.20. The minimum Gasteiger partial charge on any atom is -0.444 e. The molecule has 1 saturated heterocycles. The first kappa shape index (κ1) is 16.6. The number of nitrogens with two attached hydrogens (primary N) is 1. The average molecular weight is 328 g/mol. The lowest BCUT2D eigenvalue weighted by Gasteiger charge is -2.34. The van der Waals surface area contributed by atoms with Crippen LogP contribution in [0.4, 0.5) is 16.6 Å². The predicted molar refractivity (Wildman–Crippen MR) is 86.1 cm³/mol. The molecule has 3 N–H and O–H groups in total. The van der Waals surface area contributed by atoms with Crippen LogP contribution in [-0.4, -0.2) is 40.8 Å². The number of alkyl carbamates (subject to hydrolysis) is 1. The van der Waals surface area contributed by atoms with Crippen molar-refractivity contribution in [3.63, 3.8) is 0 Å². The number of amides is 1. The van der Waals surface area contributed by atoms with Gasteiger partial charge >= 0.3 is 6.09 Å². The van der Waals surface area contributed by atoms with Crippen molar-refractivity contribution < 1.29 is 9.53 Å². The second-order valence-corrected chi connectivity index (χ2v) is 6.73. The number of anilines is 2. The Hall–Kier alpha value is -1.76. The molecule has 0 bridgehead atoms.